The van der Waals surface area contributed by atoms with E-state index < -0.39 is 5.97 Å². The van der Waals surface area contributed by atoms with E-state index >= 15 is 0 Å². The standard InChI is InChI=1S/C9H6INO3/c1-14-9(13)8-5(4-11)2-6(12)3-7(8)10/h2-3,12H,1H3. The molecule has 1 aromatic rings. The van der Waals surface area contributed by atoms with E-state index in [0.717, 1.165) is 0 Å². The van der Waals surface area contributed by atoms with E-state index in [0.29, 0.717) is 3.57 Å². The van der Waals surface area contributed by atoms with Crippen LogP contribution in [0.2, 0.25) is 0 Å². The number of methoxy groups -OCH3 is 1. The highest BCUT2D eigenvalue weighted by Gasteiger charge is 2.16. The molecule has 0 unspecified atom stereocenters. The maximum atomic E-state index is 11.3. The number of phenols is 1. The van der Waals surface area contributed by atoms with E-state index in [1.165, 1.54) is 19.2 Å². The minimum absolute atomic E-state index is 0.0430. The van der Waals surface area contributed by atoms with Crippen LogP contribution in [0.25, 0.3) is 0 Å². The van der Waals surface area contributed by atoms with Crippen molar-refractivity contribution in [3.8, 4) is 11.8 Å². The van der Waals surface area contributed by atoms with Crippen LogP contribution in [0.5, 0.6) is 5.75 Å². The fourth-order valence-electron chi connectivity index (χ4n) is 0.990. The summed E-state index contributed by atoms with van der Waals surface area (Å²) in [6.45, 7) is 0. The molecule has 0 amide bonds. The third kappa shape index (κ3) is 1.96. The number of nitrogens with zero attached hydrogens (tertiary/aromatic N) is 1. The van der Waals surface area contributed by atoms with Gasteiger partial charge in [0, 0.05) is 3.57 Å². The van der Waals surface area contributed by atoms with Crippen molar-refractivity contribution >= 4 is 28.6 Å². The van der Waals surface area contributed by atoms with Crippen molar-refractivity contribution in [2.45, 2.75) is 0 Å². The number of esters is 1. The highest BCUT2D eigenvalue weighted by atomic mass is 127. The number of ether oxygens (including phenoxy) is 1. The van der Waals surface area contributed by atoms with Gasteiger partial charge in [0.05, 0.1) is 18.2 Å². The average molecular weight is 303 g/mol. The third-order valence-corrected chi connectivity index (χ3v) is 2.44. The third-order valence-electron chi connectivity index (χ3n) is 1.58. The number of halogens is 1. The van der Waals surface area contributed by atoms with Gasteiger partial charge in [-0.25, -0.2) is 4.79 Å². The van der Waals surface area contributed by atoms with Gasteiger partial charge >= 0.3 is 5.97 Å². The van der Waals surface area contributed by atoms with Gasteiger partial charge < -0.3 is 9.84 Å². The van der Waals surface area contributed by atoms with Gasteiger partial charge in [0.2, 0.25) is 0 Å². The highest BCUT2D eigenvalue weighted by Crippen LogP contribution is 2.23. The Bertz CT molecular complexity index is 423. The van der Waals surface area contributed by atoms with Crippen LogP contribution in [-0.4, -0.2) is 18.2 Å². The predicted octanol–water partition coefficient (Wildman–Crippen LogP) is 1.66. The quantitative estimate of drug-likeness (QED) is 0.632. The number of benzene rings is 1. The molecule has 0 aliphatic heterocycles. The number of rotatable bonds is 1. The lowest BCUT2D eigenvalue weighted by atomic mass is 10.1. The first-order valence-corrected chi connectivity index (χ1v) is 4.69. The molecule has 4 nitrogen and oxygen atoms in total. The van der Waals surface area contributed by atoms with Crippen LogP contribution in [0.4, 0.5) is 0 Å². The van der Waals surface area contributed by atoms with Crippen LogP contribution in [0.3, 0.4) is 0 Å². The average Bonchev–Trinajstić information content (AvgIpc) is 2.15. The second-order valence-corrected chi connectivity index (χ2v) is 3.62. The summed E-state index contributed by atoms with van der Waals surface area (Å²) in [6.07, 6.45) is 0. The zero-order valence-electron chi connectivity index (χ0n) is 7.24. The lowest BCUT2D eigenvalue weighted by Crippen LogP contribution is -2.06. The van der Waals surface area contributed by atoms with Gasteiger partial charge in [0.25, 0.3) is 0 Å². The molecule has 1 N–H and O–H groups in total. The number of nitriles is 1. The molecule has 1 aromatic carbocycles. The number of hydrogen-bond acceptors (Lipinski definition) is 4. The molecule has 0 radical (unpaired) electrons. The molecule has 14 heavy (non-hydrogen) atoms. The molecule has 0 saturated heterocycles. The Hall–Kier alpha value is -1.29. The molecule has 0 saturated carbocycles. The Labute approximate surface area is 94.2 Å². The Balaban J connectivity index is 3.42. The van der Waals surface area contributed by atoms with Crippen molar-refractivity contribution < 1.29 is 14.6 Å². The van der Waals surface area contributed by atoms with E-state index in [2.05, 4.69) is 4.74 Å². The zero-order chi connectivity index (χ0) is 10.7. The first kappa shape index (κ1) is 10.8. The van der Waals surface area contributed by atoms with E-state index in [1.807, 2.05) is 28.7 Å². The summed E-state index contributed by atoms with van der Waals surface area (Å²) >= 11 is 1.86. The molecule has 0 heterocycles. The van der Waals surface area contributed by atoms with Crippen molar-refractivity contribution in [2.24, 2.45) is 0 Å². The van der Waals surface area contributed by atoms with Crippen LogP contribution in [0, 0.1) is 14.9 Å². The maximum Gasteiger partial charge on any atom is 0.340 e. The second-order valence-electron chi connectivity index (χ2n) is 2.45. The number of carbonyl (C=O) groups excluding carboxylic acids is 1. The number of carbonyl (C=O) groups is 1. The van der Waals surface area contributed by atoms with Crippen LogP contribution < -0.4 is 0 Å². The van der Waals surface area contributed by atoms with E-state index in [1.54, 1.807) is 0 Å². The smallest absolute Gasteiger partial charge is 0.340 e. The molecule has 0 bridgehead atoms. The van der Waals surface area contributed by atoms with Gasteiger partial charge in [0.1, 0.15) is 11.8 Å². The molecule has 0 fully saturated rings. The molecule has 1 rings (SSSR count). The van der Waals surface area contributed by atoms with Crippen LogP contribution in [-0.2, 0) is 4.74 Å². The Kier molecular flexibility index (Phi) is 3.30. The Morgan fingerprint density at radius 1 is 1.64 bits per heavy atom. The fraction of sp³-hybridized carbons (Fsp3) is 0.111. The Morgan fingerprint density at radius 3 is 2.79 bits per heavy atom. The SMILES string of the molecule is COC(=O)c1c(I)cc(O)cc1C#N. The number of phenolic OH excluding ortho intramolecular Hbond substituents is 1. The van der Waals surface area contributed by atoms with E-state index in [-0.39, 0.29) is 16.9 Å². The summed E-state index contributed by atoms with van der Waals surface area (Å²) in [7, 11) is 1.24. The molecule has 0 aromatic heterocycles. The zero-order valence-corrected chi connectivity index (χ0v) is 9.40. The first-order valence-electron chi connectivity index (χ1n) is 3.61. The first-order chi connectivity index (χ1) is 6.60. The van der Waals surface area contributed by atoms with Gasteiger partial charge in [-0.1, -0.05) is 0 Å². The molecular weight excluding hydrogens is 297 g/mol. The normalized spacial score (nSPS) is 9.21. The summed E-state index contributed by atoms with van der Waals surface area (Å²) in [5.74, 6) is -0.621. The van der Waals surface area contributed by atoms with Crippen molar-refractivity contribution in [1.82, 2.24) is 0 Å². The number of hydrogen-bond donors (Lipinski definition) is 1. The number of aromatic hydroxyl groups is 1. The highest BCUT2D eigenvalue weighted by molar-refractivity contribution is 14.1. The van der Waals surface area contributed by atoms with E-state index in [4.69, 9.17) is 5.26 Å². The van der Waals surface area contributed by atoms with Crippen LogP contribution >= 0.6 is 22.6 Å². The van der Waals surface area contributed by atoms with Crippen LogP contribution in [0.15, 0.2) is 12.1 Å². The van der Waals surface area contributed by atoms with Crippen LogP contribution in [0.1, 0.15) is 15.9 Å². The van der Waals surface area contributed by atoms with Crippen molar-refractivity contribution in [2.75, 3.05) is 7.11 Å². The van der Waals surface area contributed by atoms with Gasteiger partial charge in [-0.2, -0.15) is 5.26 Å². The van der Waals surface area contributed by atoms with Crippen molar-refractivity contribution in [3.05, 3.63) is 26.8 Å². The summed E-state index contributed by atoms with van der Waals surface area (Å²) in [5.41, 5.74) is 0.301. The minimum Gasteiger partial charge on any atom is -0.508 e. The van der Waals surface area contributed by atoms with Gasteiger partial charge in [-0.15, -0.1) is 0 Å². The summed E-state index contributed by atoms with van der Waals surface area (Å²) in [4.78, 5) is 11.3. The summed E-state index contributed by atoms with van der Waals surface area (Å²) in [6, 6.07) is 4.45. The molecular formula is C9H6INO3. The molecule has 0 aliphatic rings. The van der Waals surface area contributed by atoms with Crippen molar-refractivity contribution in [1.29, 1.82) is 5.26 Å². The topological polar surface area (TPSA) is 70.3 Å². The molecule has 72 valence electrons. The van der Waals surface area contributed by atoms with Gasteiger partial charge in [-0.05, 0) is 34.7 Å². The minimum atomic E-state index is -0.578. The van der Waals surface area contributed by atoms with Gasteiger partial charge in [-0.3, -0.25) is 0 Å². The second kappa shape index (κ2) is 4.28. The summed E-state index contributed by atoms with van der Waals surface area (Å²) < 4.78 is 5.01. The largest absolute Gasteiger partial charge is 0.508 e. The lowest BCUT2D eigenvalue weighted by Gasteiger charge is -2.04. The van der Waals surface area contributed by atoms with Gasteiger partial charge in [0.15, 0.2) is 0 Å². The van der Waals surface area contributed by atoms with Crippen molar-refractivity contribution in [3.63, 3.8) is 0 Å². The van der Waals surface area contributed by atoms with E-state index in [9.17, 15) is 9.90 Å². The molecule has 0 aliphatic carbocycles. The molecule has 0 spiro atoms. The Morgan fingerprint density at radius 2 is 2.29 bits per heavy atom. The maximum absolute atomic E-state index is 11.3. The lowest BCUT2D eigenvalue weighted by molar-refractivity contribution is 0.0599. The fourth-order valence-corrected chi connectivity index (χ4v) is 1.82. The summed E-state index contributed by atoms with van der Waals surface area (Å²) in [5, 5.41) is 17.9. The molecule has 5 heteroatoms. The molecule has 0 atom stereocenters. The monoisotopic (exact) mass is 303 g/mol. The predicted molar refractivity (Wildman–Crippen MR) is 56.9 cm³/mol.